The van der Waals surface area contributed by atoms with Crippen molar-refractivity contribution in [3.8, 4) is 68.7 Å². The molecule has 0 atom stereocenters. The van der Waals surface area contributed by atoms with E-state index in [1.165, 1.54) is 0 Å². The van der Waals surface area contributed by atoms with Gasteiger partial charge in [0.05, 0.1) is 51.2 Å². The van der Waals surface area contributed by atoms with Gasteiger partial charge in [-0.2, -0.15) is 0 Å². The van der Waals surface area contributed by atoms with Crippen LogP contribution in [0.2, 0.25) is 0 Å². The van der Waals surface area contributed by atoms with Gasteiger partial charge in [0.15, 0.2) is 52.0 Å². The summed E-state index contributed by atoms with van der Waals surface area (Å²) in [6.07, 6.45) is 0. The second-order valence-electron chi connectivity index (χ2n) is 16.0. The molecule has 1 aromatic heterocycles. The predicted molar refractivity (Wildman–Crippen MR) is 260 cm³/mol. The Balaban J connectivity index is 1.07. The van der Waals surface area contributed by atoms with Crippen LogP contribution in [0.25, 0.3) is 34.2 Å². The fourth-order valence-electron chi connectivity index (χ4n) is 9.20. The van der Waals surface area contributed by atoms with Gasteiger partial charge in [-0.25, -0.2) is 15.0 Å². The molecule has 0 aliphatic carbocycles. The fraction of sp³-hybridized carbons (Fsp3) is 0. The third-order valence-electron chi connectivity index (χ3n) is 12.1. The Hall–Kier alpha value is -9.21. The van der Waals surface area contributed by atoms with Crippen LogP contribution in [0.1, 0.15) is 0 Å². The van der Waals surface area contributed by atoms with Gasteiger partial charge in [-0.05, 0) is 109 Å². The van der Waals surface area contributed by atoms with Crippen LogP contribution in [-0.2, 0) is 0 Å². The minimum absolute atomic E-state index is 0.502. The van der Waals surface area contributed by atoms with Gasteiger partial charge >= 0.3 is 0 Å². The lowest BCUT2D eigenvalue weighted by Crippen LogP contribution is -2.18. The Morgan fingerprint density at radius 2 is 0.394 bits per heavy atom. The number of para-hydroxylation sites is 15. The van der Waals surface area contributed by atoms with E-state index >= 15 is 0 Å². The van der Waals surface area contributed by atoms with Gasteiger partial charge in [-0.3, -0.25) is 0 Å². The van der Waals surface area contributed by atoms with Gasteiger partial charge < -0.3 is 28.9 Å². The molecule has 3 aliphatic rings. The van der Waals surface area contributed by atoms with Crippen molar-refractivity contribution in [2.45, 2.75) is 0 Å². The minimum atomic E-state index is 0.502. The van der Waals surface area contributed by atoms with E-state index in [4.69, 9.17) is 29.2 Å². The summed E-state index contributed by atoms with van der Waals surface area (Å²) >= 11 is 0. The predicted octanol–water partition coefficient (Wildman–Crippen LogP) is 15.6. The molecule has 0 amide bonds. The molecule has 0 spiro atoms. The molecule has 0 saturated heterocycles. The first kappa shape index (κ1) is 37.4. The van der Waals surface area contributed by atoms with Crippen molar-refractivity contribution < 1.29 is 14.2 Å². The van der Waals surface area contributed by atoms with Crippen molar-refractivity contribution in [3.05, 3.63) is 218 Å². The fourth-order valence-corrected chi connectivity index (χ4v) is 9.20. The number of fused-ring (bicyclic) bond motifs is 6. The average Bonchev–Trinajstić information content (AvgIpc) is 3.38. The van der Waals surface area contributed by atoms with Gasteiger partial charge in [-0.1, -0.05) is 109 Å². The monoisotopic (exact) mass is 852 g/mol. The van der Waals surface area contributed by atoms with Crippen molar-refractivity contribution in [1.82, 2.24) is 15.0 Å². The number of hydrogen-bond acceptors (Lipinski definition) is 9. The van der Waals surface area contributed by atoms with Crippen LogP contribution in [-0.4, -0.2) is 15.0 Å². The number of ether oxygens (including phenoxy) is 3. The maximum atomic E-state index is 6.46. The van der Waals surface area contributed by atoms with Crippen LogP contribution in [0.3, 0.4) is 0 Å². The third-order valence-corrected chi connectivity index (χ3v) is 12.1. The quantitative estimate of drug-likeness (QED) is 0.162. The first-order chi connectivity index (χ1) is 32.7. The standard InChI is InChI=1S/C57H36N6O3/c1-4-22-40(61-43-25-7-13-31-49(43)64-50-32-14-8-26-44(50)61)37(19-1)55-58-56(38-20-2-5-23-41(38)62-45-27-9-15-33-51(45)65-52-34-16-10-28-46(52)62)60-57(59-55)39-21-3-6-24-42(39)63-47-29-11-17-35-53(47)66-54-36-18-12-30-48(54)63/h1-36H. The van der Waals surface area contributed by atoms with Gasteiger partial charge in [0, 0.05) is 16.7 Å². The van der Waals surface area contributed by atoms with Crippen molar-refractivity contribution in [1.29, 1.82) is 0 Å². The summed E-state index contributed by atoms with van der Waals surface area (Å²) in [4.78, 5) is 23.1. The molecule has 0 unspecified atom stereocenters. The van der Waals surface area contributed by atoms with E-state index in [-0.39, 0.29) is 0 Å². The first-order valence-corrected chi connectivity index (χ1v) is 21.8. The zero-order valence-corrected chi connectivity index (χ0v) is 35.2. The summed E-state index contributed by atoms with van der Waals surface area (Å²) in [6, 6.07) is 73.4. The van der Waals surface area contributed by atoms with Gasteiger partial charge in [-0.15, -0.1) is 0 Å². The Morgan fingerprint density at radius 1 is 0.212 bits per heavy atom. The molecule has 9 heteroatoms. The smallest absolute Gasteiger partial charge is 0.166 e. The Kier molecular flexibility index (Phi) is 8.63. The zero-order valence-electron chi connectivity index (χ0n) is 35.2. The lowest BCUT2D eigenvalue weighted by molar-refractivity contribution is 0.477. The topological polar surface area (TPSA) is 76.1 Å². The summed E-state index contributed by atoms with van der Waals surface area (Å²) in [5.41, 5.74) is 10.5. The normalized spacial score (nSPS) is 12.8. The molecule has 312 valence electrons. The maximum Gasteiger partial charge on any atom is 0.166 e. The van der Waals surface area contributed by atoms with Gasteiger partial charge in [0.2, 0.25) is 0 Å². The van der Waals surface area contributed by atoms with E-state index in [9.17, 15) is 0 Å². The lowest BCUT2D eigenvalue weighted by Gasteiger charge is -2.34. The van der Waals surface area contributed by atoms with Crippen LogP contribution in [0.5, 0.6) is 34.5 Å². The van der Waals surface area contributed by atoms with E-state index in [2.05, 4.69) is 87.5 Å². The number of aromatic nitrogens is 3. The highest BCUT2D eigenvalue weighted by molar-refractivity contribution is 5.96. The number of rotatable bonds is 6. The largest absolute Gasteiger partial charge is 0.453 e. The van der Waals surface area contributed by atoms with Crippen molar-refractivity contribution in [2.75, 3.05) is 14.7 Å². The summed E-state index contributed by atoms with van der Waals surface area (Å²) in [5.74, 6) is 6.02. The van der Waals surface area contributed by atoms with Crippen LogP contribution in [0, 0.1) is 0 Å². The molecule has 0 fully saturated rings. The maximum absolute atomic E-state index is 6.46. The highest BCUT2D eigenvalue weighted by atomic mass is 16.5. The van der Waals surface area contributed by atoms with Crippen molar-refractivity contribution in [3.63, 3.8) is 0 Å². The molecule has 0 radical (unpaired) electrons. The van der Waals surface area contributed by atoms with E-state index in [0.717, 1.165) is 102 Å². The van der Waals surface area contributed by atoms with Crippen molar-refractivity contribution in [2.24, 2.45) is 0 Å². The number of nitrogens with zero attached hydrogens (tertiary/aromatic N) is 6. The molecular formula is C57H36N6O3. The summed E-state index contributed by atoms with van der Waals surface area (Å²) in [5, 5.41) is 0. The average molecular weight is 853 g/mol. The molecule has 3 aliphatic heterocycles. The van der Waals surface area contributed by atoms with Crippen LogP contribution < -0.4 is 28.9 Å². The van der Waals surface area contributed by atoms with Crippen LogP contribution in [0.15, 0.2) is 218 Å². The number of benzene rings is 9. The molecule has 13 rings (SSSR count). The third kappa shape index (κ3) is 6.06. The molecule has 66 heavy (non-hydrogen) atoms. The molecule has 9 aromatic carbocycles. The van der Waals surface area contributed by atoms with E-state index in [1.54, 1.807) is 0 Å². The number of anilines is 9. The second-order valence-corrected chi connectivity index (χ2v) is 16.0. The lowest BCUT2D eigenvalue weighted by atomic mass is 10.0. The molecule has 0 saturated carbocycles. The van der Waals surface area contributed by atoms with Gasteiger partial charge in [0.1, 0.15) is 0 Å². The second kappa shape index (κ2) is 15.3. The molecule has 4 heterocycles. The summed E-state index contributed by atoms with van der Waals surface area (Å²) in [6.45, 7) is 0. The first-order valence-electron chi connectivity index (χ1n) is 21.8. The zero-order chi connectivity index (χ0) is 43.6. The highest BCUT2D eigenvalue weighted by Gasteiger charge is 2.32. The van der Waals surface area contributed by atoms with Crippen LogP contribution in [0.4, 0.5) is 51.2 Å². The summed E-state index contributed by atoms with van der Waals surface area (Å²) < 4.78 is 19.4. The van der Waals surface area contributed by atoms with Gasteiger partial charge in [0.25, 0.3) is 0 Å². The Labute approximate surface area is 380 Å². The molecule has 0 bridgehead atoms. The molecule has 9 nitrogen and oxygen atoms in total. The molecule has 10 aromatic rings. The SMILES string of the molecule is c1ccc2c(c1)Oc1ccccc1N2c1ccccc1-c1nc(-c2ccccc2N2c3ccccc3Oc3ccccc32)nc(-c2ccccc2N2c3ccccc3Oc3ccccc32)n1. The van der Waals surface area contributed by atoms with E-state index in [0.29, 0.717) is 17.5 Å². The van der Waals surface area contributed by atoms with Crippen LogP contribution >= 0.6 is 0 Å². The summed E-state index contributed by atoms with van der Waals surface area (Å²) in [7, 11) is 0. The minimum Gasteiger partial charge on any atom is -0.453 e. The van der Waals surface area contributed by atoms with E-state index < -0.39 is 0 Å². The molecule has 0 N–H and O–H groups in total. The highest BCUT2D eigenvalue weighted by Crippen LogP contribution is 2.55. The van der Waals surface area contributed by atoms with Crippen molar-refractivity contribution >= 4 is 51.2 Å². The molecular weight excluding hydrogens is 817 g/mol. The van der Waals surface area contributed by atoms with E-state index in [1.807, 2.05) is 146 Å². The number of hydrogen-bond donors (Lipinski definition) is 0. The Morgan fingerprint density at radius 3 is 0.621 bits per heavy atom. The Bertz CT molecular complexity index is 3020.